The Morgan fingerprint density at radius 2 is 1.27 bits per heavy atom. The van der Waals surface area contributed by atoms with Crippen LogP contribution < -0.4 is 5.73 Å². The smallest absolute Gasteiger partial charge is 0.338 e. The molecule has 0 atom stereocenters. The third kappa shape index (κ3) is 5.68. The Balaban J connectivity index is 2.01. The van der Waals surface area contributed by atoms with Crippen molar-refractivity contribution in [2.75, 3.05) is 5.33 Å². The quantitative estimate of drug-likeness (QED) is 0.383. The summed E-state index contributed by atoms with van der Waals surface area (Å²) in [5, 5.41) is 0.615. The normalized spacial score (nSPS) is 11.0. The lowest BCUT2D eigenvalue weighted by Crippen LogP contribution is -2.56. The molecule has 0 aliphatic rings. The zero-order valence-corrected chi connectivity index (χ0v) is 16.0. The second kappa shape index (κ2) is 10.1. The SMILES string of the molecule is NC(CCCBr)(C(=O)OCc1ccccc1)C(=O)OCc1ccccc1. The number of nitrogens with two attached hydrogens (primary N) is 1. The van der Waals surface area contributed by atoms with Gasteiger partial charge in [-0.3, -0.25) is 0 Å². The van der Waals surface area contributed by atoms with Crippen molar-refractivity contribution in [1.82, 2.24) is 0 Å². The first kappa shape index (κ1) is 20.1. The van der Waals surface area contributed by atoms with E-state index < -0.39 is 17.5 Å². The van der Waals surface area contributed by atoms with Crippen molar-refractivity contribution in [3.05, 3.63) is 71.8 Å². The molecular weight excluding hydrogens is 398 g/mol. The highest BCUT2D eigenvalue weighted by Gasteiger charge is 2.44. The zero-order valence-electron chi connectivity index (χ0n) is 14.4. The van der Waals surface area contributed by atoms with Gasteiger partial charge in [-0.25, -0.2) is 9.59 Å². The summed E-state index contributed by atoms with van der Waals surface area (Å²) in [6.07, 6.45) is 0.677. The molecule has 0 bridgehead atoms. The Labute approximate surface area is 161 Å². The van der Waals surface area contributed by atoms with Crippen LogP contribution in [0.15, 0.2) is 60.7 Å². The topological polar surface area (TPSA) is 78.6 Å². The minimum atomic E-state index is -1.82. The van der Waals surface area contributed by atoms with Gasteiger partial charge in [-0.05, 0) is 24.0 Å². The van der Waals surface area contributed by atoms with E-state index in [0.29, 0.717) is 11.8 Å². The van der Waals surface area contributed by atoms with Crippen LogP contribution in [0.5, 0.6) is 0 Å². The first-order valence-corrected chi connectivity index (χ1v) is 9.45. The molecule has 0 radical (unpaired) electrons. The number of ether oxygens (including phenoxy) is 2. The van der Waals surface area contributed by atoms with E-state index in [1.807, 2.05) is 60.7 Å². The molecular formula is C20H22BrNO4. The predicted molar refractivity (Wildman–Crippen MR) is 102 cm³/mol. The molecule has 2 aromatic carbocycles. The first-order chi connectivity index (χ1) is 12.6. The molecule has 26 heavy (non-hydrogen) atoms. The van der Waals surface area contributed by atoms with Crippen LogP contribution in [0.3, 0.4) is 0 Å². The van der Waals surface area contributed by atoms with Gasteiger partial charge in [0.2, 0.25) is 5.54 Å². The van der Waals surface area contributed by atoms with Gasteiger partial charge in [-0.15, -0.1) is 0 Å². The summed E-state index contributed by atoms with van der Waals surface area (Å²) in [4.78, 5) is 25.1. The van der Waals surface area contributed by atoms with E-state index in [1.54, 1.807) is 0 Å². The Kier molecular flexibility index (Phi) is 7.81. The van der Waals surface area contributed by atoms with Gasteiger partial charge in [0, 0.05) is 5.33 Å². The summed E-state index contributed by atoms with van der Waals surface area (Å²) in [6, 6.07) is 18.4. The van der Waals surface area contributed by atoms with E-state index in [-0.39, 0.29) is 19.6 Å². The van der Waals surface area contributed by atoms with E-state index in [4.69, 9.17) is 15.2 Å². The molecule has 0 unspecified atom stereocenters. The molecule has 2 rings (SSSR count). The molecule has 0 heterocycles. The van der Waals surface area contributed by atoms with Crippen molar-refractivity contribution in [2.45, 2.75) is 31.6 Å². The predicted octanol–water partition coefficient (Wildman–Crippen LogP) is 3.35. The minimum absolute atomic E-state index is 0.0545. The minimum Gasteiger partial charge on any atom is -0.459 e. The van der Waals surface area contributed by atoms with E-state index in [0.717, 1.165) is 11.1 Å². The second-order valence-electron chi connectivity index (χ2n) is 5.89. The van der Waals surface area contributed by atoms with Crippen molar-refractivity contribution in [3.8, 4) is 0 Å². The van der Waals surface area contributed by atoms with Gasteiger partial charge in [0.25, 0.3) is 0 Å². The monoisotopic (exact) mass is 419 g/mol. The lowest BCUT2D eigenvalue weighted by Gasteiger charge is -2.25. The molecule has 0 fully saturated rings. The van der Waals surface area contributed by atoms with Crippen LogP contribution in [0, 0.1) is 0 Å². The van der Waals surface area contributed by atoms with Crippen molar-refractivity contribution in [1.29, 1.82) is 0 Å². The van der Waals surface area contributed by atoms with E-state index >= 15 is 0 Å². The highest BCUT2D eigenvalue weighted by atomic mass is 79.9. The number of hydrogen-bond acceptors (Lipinski definition) is 5. The molecule has 0 aliphatic heterocycles. The third-order valence-corrected chi connectivity index (χ3v) is 4.42. The number of alkyl halides is 1. The summed E-state index contributed by atoms with van der Waals surface area (Å²) in [6.45, 7) is 0.109. The second-order valence-corrected chi connectivity index (χ2v) is 6.68. The maximum absolute atomic E-state index is 12.5. The molecule has 0 saturated heterocycles. The van der Waals surface area contributed by atoms with E-state index in [1.165, 1.54) is 0 Å². The van der Waals surface area contributed by atoms with Crippen molar-refractivity contribution in [3.63, 3.8) is 0 Å². The van der Waals surface area contributed by atoms with Crippen LogP contribution >= 0.6 is 15.9 Å². The molecule has 5 nitrogen and oxygen atoms in total. The van der Waals surface area contributed by atoms with Gasteiger partial charge in [0.05, 0.1) is 0 Å². The largest absolute Gasteiger partial charge is 0.459 e. The molecule has 2 N–H and O–H groups in total. The highest BCUT2D eigenvalue weighted by molar-refractivity contribution is 9.09. The molecule has 0 aromatic heterocycles. The number of hydrogen-bond donors (Lipinski definition) is 1. The number of carbonyl (C=O) groups is 2. The number of benzene rings is 2. The fourth-order valence-electron chi connectivity index (χ4n) is 2.34. The number of halogens is 1. The Hall–Kier alpha value is -2.18. The van der Waals surface area contributed by atoms with Gasteiger partial charge in [-0.1, -0.05) is 76.6 Å². The summed E-state index contributed by atoms with van der Waals surface area (Å²) < 4.78 is 10.6. The number of rotatable bonds is 9. The molecule has 0 spiro atoms. The fraction of sp³-hybridized carbons (Fsp3) is 0.300. The Bertz CT molecular complexity index is 651. The van der Waals surface area contributed by atoms with Gasteiger partial charge < -0.3 is 15.2 Å². The van der Waals surface area contributed by atoms with Crippen LogP contribution in [0.25, 0.3) is 0 Å². The average Bonchev–Trinajstić information content (AvgIpc) is 2.69. The van der Waals surface area contributed by atoms with Crippen molar-refractivity contribution in [2.24, 2.45) is 5.73 Å². The van der Waals surface area contributed by atoms with Gasteiger partial charge in [-0.2, -0.15) is 0 Å². The van der Waals surface area contributed by atoms with E-state index in [2.05, 4.69) is 15.9 Å². The van der Waals surface area contributed by atoms with Crippen molar-refractivity contribution >= 4 is 27.9 Å². The summed E-state index contributed by atoms with van der Waals surface area (Å²) in [7, 11) is 0. The zero-order chi connectivity index (χ0) is 18.8. The molecule has 0 saturated carbocycles. The summed E-state index contributed by atoms with van der Waals surface area (Å²) in [5.74, 6) is -1.55. The molecule has 2 aromatic rings. The molecule has 0 aliphatic carbocycles. The lowest BCUT2D eigenvalue weighted by molar-refractivity contribution is -0.166. The van der Waals surface area contributed by atoms with Gasteiger partial charge in [0.15, 0.2) is 0 Å². The average molecular weight is 420 g/mol. The van der Waals surface area contributed by atoms with Crippen LogP contribution in [-0.4, -0.2) is 22.8 Å². The van der Waals surface area contributed by atoms with Crippen LogP contribution in [-0.2, 0) is 32.3 Å². The van der Waals surface area contributed by atoms with Crippen LogP contribution in [0.2, 0.25) is 0 Å². The lowest BCUT2D eigenvalue weighted by atomic mass is 9.95. The maximum atomic E-state index is 12.5. The van der Waals surface area contributed by atoms with Gasteiger partial charge in [0.1, 0.15) is 13.2 Å². The van der Waals surface area contributed by atoms with Gasteiger partial charge >= 0.3 is 11.9 Å². The molecule has 138 valence electrons. The third-order valence-electron chi connectivity index (χ3n) is 3.86. The molecule has 6 heteroatoms. The maximum Gasteiger partial charge on any atom is 0.338 e. The summed E-state index contributed by atoms with van der Waals surface area (Å²) >= 11 is 3.29. The van der Waals surface area contributed by atoms with Crippen LogP contribution in [0.1, 0.15) is 24.0 Å². The summed E-state index contributed by atoms with van der Waals surface area (Å²) in [5.41, 5.74) is 5.95. The van der Waals surface area contributed by atoms with Crippen LogP contribution in [0.4, 0.5) is 0 Å². The Morgan fingerprint density at radius 1 is 0.846 bits per heavy atom. The highest BCUT2D eigenvalue weighted by Crippen LogP contribution is 2.18. The first-order valence-electron chi connectivity index (χ1n) is 8.33. The number of carbonyl (C=O) groups excluding carboxylic acids is 2. The fourth-order valence-corrected chi connectivity index (χ4v) is 2.62. The van der Waals surface area contributed by atoms with Crippen molar-refractivity contribution < 1.29 is 19.1 Å². The Morgan fingerprint density at radius 3 is 1.65 bits per heavy atom. The number of esters is 2. The molecule has 0 amide bonds. The van der Waals surface area contributed by atoms with E-state index in [9.17, 15) is 9.59 Å². The standard InChI is InChI=1S/C20H22BrNO4/c21-13-7-12-20(22,18(23)25-14-16-8-3-1-4-9-16)19(24)26-15-17-10-5-2-6-11-17/h1-6,8-11H,7,12-15,22H2.